The van der Waals surface area contributed by atoms with Crippen LogP contribution in [0.15, 0.2) is 60.7 Å². The molecule has 0 heterocycles. The van der Waals surface area contributed by atoms with Crippen molar-refractivity contribution in [2.24, 2.45) is 0 Å². The molecule has 5 nitrogen and oxygen atoms in total. The summed E-state index contributed by atoms with van der Waals surface area (Å²) in [4.78, 5) is 13.0. The normalized spacial score (nSPS) is 12.5. The molecule has 0 aliphatic carbocycles. The third-order valence-corrected chi connectivity index (χ3v) is 6.74. The van der Waals surface area contributed by atoms with Gasteiger partial charge in [0.05, 0.1) is 22.0 Å². The van der Waals surface area contributed by atoms with Crippen LogP contribution in [0.2, 0.25) is 10.0 Å². The fourth-order valence-corrected chi connectivity index (χ4v) is 4.93. The highest BCUT2D eigenvalue weighted by Crippen LogP contribution is 2.30. The van der Waals surface area contributed by atoms with Crippen LogP contribution in [-0.4, -0.2) is 26.6 Å². The van der Waals surface area contributed by atoms with Gasteiger partial charge in [-0.25, -0.2) is 8.42 Å². The molecule has 0 aliphatic heterocycles. The Balaban J connectivity index is 1.88. The van der Waals surface area contributed by atoms with Crippen molar-refractivity contribution in [1.82, 2.24) is 5.32 Å². The van der Waals surface area contributed by atoms with Crippen LogP contribution in [0.25, 0.3) is 10.8 Å². The number of anilines is 1. The van der Waals surface area contributed by atoms with Crippen LogP contribution in [0.4, 0.5) is 5.69 Å². The number of carbonyl (C=O) groups is 1. The number of benzene rings is 3. The number of nitrogens with one attached hydrogen (secondary N) is 1. The number of rotatable bonds is 7. The lowest BCUT2D eigenvalue weighted by molar-refractivity contribution is -0.122. The number of hydrogen-bond acceptors (Lipinski definition) is 3. The summed E-state index contributed by atoms with van der Waals surface area (Å²) >= 11 is 12.0. The molecule has 158 valence electrons. The Hall–Kier alpha value is -2.28. The Morgan fingerprint density at radius 1 is 1.03 bits per heavy atom. The third-order valence-electron chi connectivity index (χ3n) is 4.82. The van der Waals surface area contributed by atoms with Gasteiger partial charge < -0.3 is 5.32 Å². The Bertz CT molecular complexity index is 1180. The maximum atomic E-state index is 13.0. The SMILES string of the molecule is CC[C@H](C(=O)NCc1cccc2ccccc12)N(c1ccc(Cl)c(Cl)c1)S(C)(=O)=O. The lowest BCUT2D eigenvalue weighted by Gasteiger charge is -2.30. The van der Waals surface area contributed by atoms with Crippen molar-refractivity contribution in [3.63, 3.8) is 0 Å². The van der Waals surface area contributed by atoms with Gasteiger partial charge in [-0.2, -0.15) is 0 Å². The highest BCUT2D eigenvalue weighted by molar-refractivity contribution is 7.92. The predicted molar refractivity (Wildman–Crippen MR) is 124 cm³/mol. The molecule has 3 aromatic carbocycles. The summed E-state index contributed by atoms with van der Waals surface area (Å²) in [5.41, 5.74) is 1.25. The fourth-order valence-electron chi connectivity index (χ4n) is 3.43. The van der Waals surface area contributed by atoms with Crippen LogP contribution in [0.3, 0.4) is 0 Å². The minimum Gasteiger partial charge on any atom is -0.350 e. The van der Waals surface area contributed by atoms with Gasteiger partial charge in [0.15, 0.2) is 0 Å². The van der Waals surface area contributed by atoms with E-state index in [4.69, 9.17) is 23.2 Å². The van der Waals surface area contributed by atoms with E-state index in [1.54, 1.807) is 6.92 Å². The standard InChI is InChI=1S/C22H22Cl2N2O3S/c1-3-21(26(30(2,28)29)17-11-12-19(23)20(24)13-17)22(27)25-14-16-9-6-8-15-7-4-5-10-18(15)16/h4-13,21H,3,14H2,1-2H3,(H,25,27)/t21-/m1/s1. The molecular weight excluding hydrogens is 443 g/mol. The molecular formula is C22H22Cl2N2O3S. The van der Waals surface area contributed by atoms with E-state index in [1.807, 2.05) is 42.5 Å². The number of halogens is 2. The minimum absolute atomic E-state index is 0.217. The molecule has 3 rings (SSSR count). The molecule has 0 unspecified atom stereocenters. The first-order valence-electron chi connectivity index (χ1n) is 9.41. The fraction of sp³-hybridized carbons (Fsp3) is 0.227. The summed E-state index contributed by atoms with van der Waals surface area (Å²) in [7, 11) is -3.75. The molecule has 3 aromatic rings. The van der Waals surface area contributed by atoms with Gasteiger partial charge in [-0.3, -0.25) is 9.10 Å². The van der Waals surface area contributed by atoms with Crippen molar-refractivity contribution in [1.29, 1.82) is 0 Å². The van der Waals surface area contributed by atoms with Crippen LogP contribution >= 0.6 is 23.2 Å². The quantitative estimate of drug-likeness (QED) is 0.534. The van der Waals surface area contributed by atoms with E-state index < -0.39 is 16.1 Å². The van der Waals surface area contributed by atoms with E-state index in [0.717, 1.165) is 26.9 Å². The molecule has 0 saturated heterocycles. The van der Waals surface area contributed by atoms with Crippen molar-refractivity contribution >= 4 is 55.6 Å². The lowest BCUT2D eigenvalue weighted by Crippen LogP contribution is -2.49. The van der Waals surface area contributed by atoms with Gasteiger partial charge >= 0.3 is 0 Å². The Labute approximate surface area is 186 Å². The molecule has 0 bridgehead atoms. The molecule has 1 amide bonds. The molecule has 1 atom stereocenters. The third kappa shape index (κ3) is 4.89. The number of sulfonamides is 1. The molecule has 0 radical (unpaired) electrons. The molecule has 0 spiro atoms. The van der Waals surface area contributed by atoms with E-state index in [1.165, 1.54) is 18.2 Å². The monoisotopic (exact) mass is 464 g/mol. The van der Waals surface area contributed by atoms with E-state index in [9.17, 15) is 13.2 Å². The van der Waals surface area contributed by atoms with E-state index in [0.29, 0.717) is 10.7 Å². The number of amides is 1. The highest BCUT2D eigenvalue weighted by Gasteiger charge is 2.31. The van der Waals surface area contributed by atoms with Crippen molar-refractivity contribution in [2.45, 2.75) is 25.9 Å². The average Bonchev–Trinajstić information content (AvgIpc) is 2.71. The molecule has 0 aromatic heterocycles. The number of carbonyl (C=O) groups excluding carboxylic acids is 1. The predicted octanol–water partition coefficient (Wildman–Crippen LogP) is 5.01. The maximum Gasteiger partial charge on any atom is 0.244 e. The first-order valence-corrected chi connectivity index (χ1v) is 12.0. The Morgan fingerprint density at radius 2 is 1.73 bits per heavy atom. The lowest BCUT2D eigenvalue weighted by atomic mass is 10.0. The van der Waals surface area contributed by atoms with E-state index in [2.05, 4.69) is 5.32 Å². The van der Waals surface area contributed by atoms with Gasteiger partial charge in [-0.1, -0.05) is 72.6 Å². The smallest absolute Gasteiger partial charge is 0.244 e. The summed E-state index contributed by atoms with van der Waals surface area (Å²) in [6, 6.07) is 17.4. The average molecular weight is 465 g/mol. The van der Waals surface area contributed by atoms with E-state index in [-0.39, 0.29) is 23.9 Å². The largest absolute Gasteiger partial charge is 0.350 e. The zero-order valence-electron chi connectivity index (χ0n) is 16.6. The van der Waals surface area contributed by atoms with Gasteiger partial charge in [0.2, 0.25) is 15.9 Å². The number of nitrogens with zero attached hydrogens (tertiary/aromatic N) is 1. The maximum absolute atomic E-state index is 13.0. The van der Waals surface area contributed by atoms with Crippen LogP contribution in [-0.2, 0) is 21.4 Å². The Kier molecular flexibility index (Phi) is 6.91. The van der Waals surface area contributed by atoms with Crippen molar-refractivity contribution < 1.29 is 13.2 Å². The molecule has 0 fully saturated rings. The van der Waals surface area contributed by atoms with Gasteiger partial charge in [0.1, 0.15) is 6.04 Å². The highest BCUT2D eigenvalue weighted by atomic mass is 35.5. The summed E-state index contributed by atoms with van der Waals surface area (Å²) in [6.45, 7) is 2.05. The van der Waals surface area contributed by atoms with E-state index >= 15 is 0 Å². The summed E-state index contributed by atoms with van der Waals surface area (Å²) < 4.78 is 26.2. The van der Waals surface area contributed by atoms with Crippen LogP contribution in [0.5, 0.6) is 0 Å². The van der Waals surface area contributed by atoms with Gasteiger partial charge in [0, 0.05) is 6.54 Å². The topological polar surface area (TPSA) is 66.5 Å². The zero-order valence-corrected chi connectivity index (χ0v) is 18.9. The first kappa shape index (κ1) is 22.4. The molecule has 0 aliphatic rings. The Morgan fingerprint density at radius 3 is 2.40 bits per heavy atom. The number of hydrogen-bond donors (Lipinski definition) is 1. The van der Waals surface area contributed by atoms with Gasteiger partial charge in [0.25, 0.3) is 0 Å². The van der Waals surface area contributed by atoms with Gasteiger partial charge in [-0.05, 0) is 41.0 Å². The van der Waals surface area contributed by atoms with Crippen molar-refractivity contribution in [2.75, 3.05) is 10.6 Å². The molecule has 1 N–H and O–H groups in total. The van der Waals surface area contributed by atoms with Crippen LogP contribution < -0.4 is 9.62 Å². The summed E-state index contributed by atoms with van der Waals surface area (Å²) in [6.07, 6.45) is 1.35. The van der Waals surface area contributed by atoms with Crippen molar-refractivity contribution in [3.8, 4) is 0 Å². The first-order chi connectivity index (χ1) is 14.2. The second-order valence-corrected chi connectivity index (χ2v) is 9.61. The van der Waals surface area contributed by atoms with Crippen LogP contribution in [0, 0.1) is 0 Å². The van der Waals surface area contributed by atoms with Gasteiger partial charge in [-0.15, -0.1) is 0 Å². The summed E-state index contributed by atoms with van der Waals surface area (Å²) in [5.74, 6) is -0.387. The second-order valence-electron chi connectivity index (χ2n) is 6.94. The molecule has 8 heteroatoms. The summed E-state index contributed by atoms with van der Waals surface area (Å²) in [5, 5.41) is 5.52. The molecule has 0 saturated carbocycles. The van der Waals surface area contributed by atoms with Crippen molar-refractivity contribution in [3.05, 3.63) is 76.3 Å². The number of fused-ring (bicyclic) bond motifs is 1. The minimum atomic E-state index is -3.75. The zero-order chi connectivity index (χ0) is 21.9. The van der Waals surface area contributed by atoms with Crippen LogP contribution in [0.1, 0.15) is 18.9 Å². The second kappa shape index (κ2) is 9.25. The molecule has 30 heavy (non-hydrogen) atoms.